The molecule has 1 N–H and O–H groups in total. The lowest BCUT2D eigenvalue weighted by atomic mass is 9.83. The van der Waals surface area contributed by atoms with Crippen molar-refractivity contribution < 1.29 is 4.39 Å². The van der Waals surface area contributed by atoms with E-state index in [4.69, 9.17) is 0 Å². The minimum Gasteiger partial charge on any atom is -0.316 e. The lowest BCUT2D eigenvalue weighted by molar-refractivity contribution is 0.263. The van der Waals surface area contributed by atoms with E-state index in [1.165, 1.54) is 17.7 Å². The third-order valence-corrected chi connectivity index (χ3v) is 3.27. The van der Waals surface area contributed by atoms with Crippen LogP contribution >= 0.6 is 0 Å². The quantitative estimate of drug-likeness (QED) is 0.821. The summed E-state index contributed by atoms with van der Waals surface area (Å²) in [6.45, 7) is 6.77. The summed E-state index contributed by atoms with van der Waals surface area (Å²) in [5.41, 5.74) is 1.51. The maximum Gasteiger partial charge on any atom is 0.123 e. The largest absolute Gasteiger partial charge is 0.316 e. The molecule has 96 valence electrons. The molecule has 0 aliphatic heterocycles. The summed E-state index contributed by atoms with van der Waals surface area (Å²) in [6, 6.07) is 7.35. The van der Waals surface area contributed by atoms with E-state index in [0.29, 0.717) is 6.04 Å². The Bertz CT molecular complexity index is 324. The maximum atomic E-state index is 12.7. The van der Waals surface area contributed by atoms with Gasteiger partial charge in [0.25, 0.3) is 0 Å². The number of benzene rings is 1. The van der Waals surface area contributed by atoms with Crippen molar-refractivity contribution in [2.75, 3.05) is 7.05 Å². The summed E-state index contributed by atoms with van der Waals surface area (Å²) in [7, 11) is 2.02. The van der Waals surface area contributed by atoms with Gasteiger partial charge < -0.3 is 5.32 Å². The SMILES string of the molecule is CNC(CCCc1ccc(F)cc1)C(C)(C)C. The van der Waals surface area contributed by atoms with Gasteiger partial charge in [0.15, 0.2) is 0 Å². The molecule has 0 spiro atoms. The van der Waals surface area contributed by atoms with Gasteiger partial charge in [0.2, 0.25) is 0 Å². The Morgan fingerprint density at radius 2 is 1.76 bits per heavy atom. The number of hydrogen-bond acceptors (Lipinski definition) is 1. The highest BCUT2D eigenvalue weighted by atomic mass is 19.1. The molecule has 0 radical (unpaired) electrons. The number of hydrogen-bond donors (Lipinski definition) is 1. The van der Waals surface area contributed by atoms with Gasteiger partial charge in [-0.3, -0.25) is 0 Å². The van der Waals surface area contributed by atoms with E-state index in [1.54, 1.807) is 0 Å². The smallest absolute Gasteiger partial charge is 0.123 e. The fourth-order valence-electron chi connectivity index (χ4n) is 2.17. The third-order valence-electron chi connectivity index (χ3n) is 3.27. The van der Waals surface area contributed by atoms with Crippen LogP contribution in [0.4, 0.5) is 4.39 Å². The zero-order valence-electron chi connectivity index (χ0n) is 11.4. The highest BCUT2D eigenvalue weighted by Gasteiger charge is 2.21. The van der Waals surface area contributed by atoms with Crippen LogP contribution in [0.15, 0.2) is 24.3 Å². The zero-order valence-corrected chi connectivity index (χ0v) is 11.4. The van der Waals surface area contributed by atoms with Crippen LogP contribution in [0, 0.1) is 11.2 Å². The van der Waals surface area contributed by atoms with E-state index in [9.17, 15) is 4.39 Å². The molecule has 0 saturated carbocycles. The molecule has 1 nitrogen and oxygen atoms in total. The molecule has 1 aromatic rings. The van der Waals surface area contributed by atoms with Gasteiger partial charge in [0, 0.05) is 6.04 Å². The van der Waals surface area contributed by atoms with Crippen LogP contribution in [-0.2, 0) is 6.42 Å². The van der Waals surface area contributed by atoms with Gasteiger partial charge in [-0.1, -0.05) is 32.9 Å². The fraction of sp³-hybridized carbons (Fsp3) is 0.600. The van der Waals surface area contributed by atoms with Crippen molar-refractivity contribution in [1.29, 1.82) is 0 Å². The average Bonchev–Trinajstić information content (AvgIpc) is 2.25. The highest BCUT2D eigenvalue weighted by Crippen LogP contribution is 2.23. The van der Waals surface area contributed by atoms with E-state index in [2.05, 4.69) is 26.1 Å². The average molecular weight is 237 g/mol. The van der Waals surface area contributed by atoms with Crippen molar-refractivity contribution in [3.8, 4) is 0 Å². The summed E-state index contributed by atoms with van der Waals surface area (Å²) in [5, 5.41) is 3.38. The molecule has 2 heteroatoms. The Balaban J connectivity index is 2.39. The molecular formula is C15H24FN. The number of rotatable bonds is 5. The molecule has 0 aliphatic carbocycles. The number of nitrogens with one attached hydrogen (secondary N) is 1. The Kier molecular flexibility index (Phi) is 5.13. The second-order valence-electron chi connectivity index (χ2n) is 5.73. The number of halogens is 1. The van der Waals surface area contributed by atoms with Crippen molar-refractivity contribution in [2.24, 2.45) is 5.41 Å². The van der Waals surface area contributed by atoms with Crippen LogP contribution in [0.1, 0.15) is 39.2 Å². The molecule has 0 fully saturated rings. The highest BCUT2D eigenvalue weighted by molar-refractivity contribution is 5.16. The van der Waals surface area contributed by atoms with Crippen molar-refractivity contribution in [3.63, 3.8) is 0 Å². The number of aryl methyl sites for hydroxylation is 1. The molecular weight excluding hydrogens is 213 g/mol. The van der Waals surface area contributed by atoms with E-state index < -0.39 is 0 Å². The summed E-state index contributed by atoms with van der Waals surface area (Å²) in [5.74, 6) is -0.156. The third kappa shape index (κ3) is 4.86. The topological polar surface area (TPSA) is 12.0 Å². The lowest BCUT2D eigenvalue weighted by Gasteiger charge is -2.30. The van der Waals surface area contributed by atoms with Gasteiger partial charge >= 0.3 is 0 Å². The van der Waals surface area contributed by atoms with Crippen LogP contribution in [0.5, 0.6) is 0 Å². The summed E-state index contributed by atoms with van der Waals surface area (Å²) in [6.07, 6.45) is 3.31. The molecule has 0 saturated heterocycles. The Morgan fingerprint density at radius 3 is 2.24 bits per heavy atom. The zero-order chi connectivity index (χ0) is 12.9. The van der Waals surface area contributed by atoms with Crippen LogP contribution in [-0.4, -0.2) is 13.1 Å². The van der Waals surface area contributed by atoms with Crippen molar-refractivity contribution in [3.05, 3.63) is 35.6 Å². The van der Waals surface area contributed by atoms with Gasteiger partial charge in [0.05, 0.1) is 0 Å². The van der Waals surface area contributed by atoms with Crippen LogP contribution in [0.25, 0.3) is 0 Å². The second-order valence-corrected chi connectivity index (χ2v) is 5.73. The molecule has 17 heavy (non-hydrogen) atoms. The fourth-order valence-corrected chi connectivity index (χ4v) is 2.17. The van der Waals surface area contributed by atoms with Gasteiger partial charge in [-0.25, -0.2) is 4.39 Å². The predicted molar refractivity (Wildman–Crippen MR) is 71.6 cm³/mol. The van der Waals surface area contributed by atoms with Crippen LogP contribution in [0.3, 0.4) is 0 Å². The maximum absolute atomic E-state index is 12.7. The predicted octanol–water partition coefficient (Wildman–Crippen LogP) is 3.78. The van der Waals surface area contributed by atoms with E-state index in [0.717, 1.165) is 19.3 Å². The first kappa shape index (κ1) is 14.2. The molecule has 0 amide bonds. The molecule has 1 atom stereocenters. The first-order valence-corrected chi connectivity index (χ1v) is 6.35. The standard InChI is InChI=1S/C15H24FN/c1-15(2,3)14(17-4)7-5-6-12-8-10-13(16)11-9-12/h8-11,14,17H,5-7H2,1-4H3. The molecule has 1 unspecified atom stereocenters. The summed E-state index contributed by atoms with van der Waals surface area (Å²) < 4.78 is 12.7. The van der Waals surface area contributed by atoms with Crippen molar-refractivity contribution in [2.45, 2.75) is 46.1 Å². The van der Waals surface area contributed by atoms with E-state index in [-0.39, 0.29) is 11.2 Å². The Morgan fingerprint density at radius 1 is 1.18 bits per heavy atom. The normalized spacial score (nSPS) is 13.7. The minimum atomic E-state index is -0.156. The minimum absolute atomic E-state index is 0.156. The van der Waals surface area contributed by atoms with E-state index >= 15 is 0 Å². The van der Waals surface area contributed by atoms with Crippen LogP contribution in [0.2, 0.25) is 0 Å². The molecule has 0 aromatic heterocycles. The molecule has 0 heterocycles. The molecule has 1 rings (SSSR count). The van der Waals surface area contributed by atoms with Crippen molar-refractivity contribution >= 4 is 0 Å². The van der Waals surface area contributed by atoms with E-state index in [1.807, 2.05) is 19.2 Å². The second kappa shape index (κ2) is 6.15. The monoisotopic (exact) mass is 237 g/mol. The van der Waals surface area contributed by atoms with Gasteiger partial charge in [0.1, 0.15) is 5.82 Å². The Labute approximate surface area is 104 Å². The molecule has 1 aromatic carbocycles. The van der Waals surface area contributed by atoms with Crippen molar-refractivity contribution in [1.82, 2.24) is 5.32 Å². The van der Waals surface area contributed by atoms with Gasteiger partial charge in [-0.2, -0.15) is 0 Å². The summed E-state index contributed by atoms with van der Waals surface area (Å²) in [4.78, 5) is 0. The first-order chi connectivity index (χ1) is 7.93. The van der Waals surface area contributed by atoms with Gasteiger partial charge in [-0.05, 0) is 49.4 Å². The molecule has 0 bridgehead atoms. The first-order valence-electron chi connectivity index (χ1n) is 6.35. The van der Waals surface area contributed by atoms with Crippen LogP contribution < -0.4 is 5.32 Å². The summed E-state index contributed by atoms with van der Waals surface area (Å²) >= 11 is 0. The Hall–Kier alpha value is -0.890. The molecule has 0 aliphatic rings. The van der Waals surface area contributed by atoms with Gasteiger partial charge in [-0.15, -0.1) is 0 Å². The lowest BCUT2D eigenvalue weighted by Crippen LogP contribution is -2.37.